The summed E-state index contributed by atoms with van der Waals surface area (Å²) in [5.41, 5.74) is -0.217. The summed E-state index contributed by atoms with van der Waals surface area (Å²) < 4.78 is 16.8. The summed E-state index contributed by atoms with van der Waals surface area (Å²) in [7, 11) is 6.25. The third-order valence-electron chi connectivity index (χ3n) is 6.84. The molecule has 2 aliphatic rings. The summed E-state index contributed by atoms with van der Waals surface area (Å²) in [4.78, 5) is 34.6. The highest BCUT2D eigenvalue weighted by Gasteiger charge is 2.35. The number of urea groups is 1. The third-order valence-corrected chi connectivity index (χ3v) is 8.29. The average molecular weight is 677 g/mol. The Bertz CT molecular complexity index is 783. The molecule has 0 aromatic heterocycles. The number of ether oxygens (including phenoxy) is 3. The zero-order valence-corrected chi connectivity index (χ0v) is 30.5. The molecular formula is C32H62BClN4O6S. The van der Waals surface area contributed by atoms with E-state index in [9.17, 15) is 14.4 Å². The molecule has 10 nitrogen and oxygen atoms in total. The molecule has 2 fully saturated rings. The molecule has 2 aliphatic heterocycles. The van der Waals surface area contributed by atoms with Crippen LogP contribution in [-0.4, -0.2) is 108 Å². The molecule has 2 rings (SSSR count). The first-order valence-corrected chi connectivity index (χ1v) is 18.4. The number of rotatable bonds is 23. The number of carbonyl (C=O) groups is 3. The largest absolute Gasteiger partial charge is 0.381 e. The Labute approximate surface area is 284 Å². The van der Waals surface area contributed by atoms with Crippen LogP contribution in [0, 0.1) is 5.41 Å². The molecule has 0 bridgehead atoms. The molecule has 2 heterocycles. The lowest BCUT2D eigenvalue weighted by Crippen LogP contribution is -2.37. The van der Waals surface area contributed by atoms with Crippen molar-refractivity contribution >= 4 is 49.1 Å². The lowest BCUT2D eigenvalue weighted by molar-refractivity contribution is -0.123. The Morgan fingerprint density at radius 2 is 1.51 bits per heavy atom. The predicted octanol–water partition coefficient (Wildman–Crippen LogP) is 4.83. The Kier molecular flexibility index (Phi) is 26.1. The van der Waals surface area contributed by atoms with Gasteiger partial charge >= 0.3 is 6.03 Å². The minimum absolute atomic E-state index is 0.00491. The lowest BCUT2D eigenvalue weighted by Gasteiger charge is -2.29. The molecule has 3 unspecified atom stereocenters. The third kappa shape index (κ3) is 24.6. The maximum Gasteiger partial charge on any atom is 0.315 e. The monoisotopic (exact) mass is 676 g/mol. The fourth-order valence-electron chi connectivity index (χ4n) is 4.31. The van der Waals surface area contributed by atoms with Crippen molar-refractivity contribution in [2.45, 2.75) is 110 Å². The molecule has 0 aliphatic carbocycles. The van der Waals surface area contributed by atoms with Gasteiger partial charge in [-0.3, -0.25) is 9.59 Å². The second kappa shape index (κ2) is 26.8. The number of alkyl halides is 1. The van der Waals surface area contributed by atoms with Crippen LogP contribution in [0.4, 0.5) is 4.79 Å². The number of unbranched alkanes of at least 4 members (excludes halogenated alkanes) is 4. The molecule has 0 aromatic carbocycles. The first-order valence-electron chi connectivity index (χ1n) is 16.7. The van der Waals surface area contributed by atoms with E-state index in [2.05, 4.69) is 28.2 Å². The standard InChI is InChI=1S/C25H48BClN2O5.C5H8N2OS.C2H6/c1-5-6-11-22(30)29-19-24(2,3)20-34-21-25(4,26)18-23(31)28-13-15-33-17-16-32-14-10-8-7-9-12-27;8-5-6-3-1-9-2-4(3)7-5;1-2/h5-21H2,1-4H3,(H,28,31)(H,29,30);3-4H,1-2H2,(H2,6,7,8);1-2H3. The van der Waals surface area contributed by atoms with E-state index >= 15 is 0 Å². The van der Waals surface area contributed by atoms with Crippen LogP contribution in [0.3, 0.4) is 0 Å². The van der Waals surface area contributed by atoms with Gasteiger partial charge in [-0.15, -0.1) is 11.6 Å². The van der Waals surface area contributed by atoms with Gasteiger partial charge < -0.3 is 35.5 Å². The van der Waals surface area contributed by atoms with Crippen LogP contribution in [0.1, 0.15) is 92.9 Å². The molecule has 3 atom stereocenters. The Balaban J connectivity index is 0.00000145. The molecule has 45 heavy (non-hydrogen) atoms. The van der Waals surface area contributed by atoms with Gasteiger partial charge in [0.25, 0.3) is 0 Å². The molecule has 13 heteroatoms. The second-order valence-electron chi connectivity index (χ2n) is 12.4. The van der Waals surface area contributed by atoms with Crippen LogP contribution in [-0.2, 0) is 23.8 Å². The van der Waals surface area contributed by atoms with Crippen molar-refractivity contribution < 1.29 is 28.6 Å². The molecule has 262 valence electrons. The number of carbonyl (C=O) groups excluding carboxylic acids is 3. The number of hydrogen-bond donors (Lipinski definition) is 4. The topological polar surface area (TPSA) is 127 Å². The van der Waals surface area contributed by atoms with E-state index in [0.29, 0.717) is 58.0 Å². The minimum Gasteiger partial charge on any atom is -0.381 e. The summed E-state index contributed by atoms with van der Waals surface area (Å²) in [6, 6.07) is 0.815. The van der Waals surface area contributed by atoms with Gasteiger partial charge in [0.15, 0.2) is 0 Å². The van der Waals surface area contributed by atoms with Crippen LogP contribution in [0.25, 0.3) is 0 Å². The van der Waals surface area contributed by atoms with Gasteiger partial charge in [0, 0.05) is 61.9 Å². The van der Waals surface area contributed by atoms with Crippen LogP contribution in [0.5, 0.6) is 0 Å². The number of nitrogens with one attached hydrogen (secondary N) is 4. The molecule has 2 radical (unpaired) electrons. The van der Waals surface area contributed by atoms with E-state index in [1.807, 2.05) is 39.5 Å². The zero-order valence-electron chi connectivity index (χ0n) is 28.9. The predicted molar refractivity (Wildman–Crippen MR) is 188 cm³/mol. The number of thioether (sulfide) groups is 1. The highest BCUT2D eigenvalue weighted by molar-refractivity contribution is 7.99. The summed E-state index contributed by atoms with van der Waals surface area (Å²) in [5.74, 6) is 2.81. The molecule has 4 amide bonds. The Hall–Kier alpha value is -1.21. The summed E-state index contributed by atoms with van der Waals surface area (Å²) in [5, 5.41) is 10.7. The van der Waals surface area contributed by atoms with Crippen molar-refractivity contribution in [2.75, 3.05) is 70.1 Å². The molecule has 2 saturated heterocycles. The quantitative estimate of drug-likeness (QED) is 0.0529. The average Bonchev–Trinajstić information content (AvgIpc) is 3.57. The first kappa shape index (κ1) is 43.8. The van der Waals surface area contributed by atoms with Gasteiger partial charge in [0.2, 0.25) is 11.8 Å². The van der Waals surface area contributed by atoms with Crippen LogP contribution >= 0.6 is 23.4 Å². The number of fused-ring (bicyclic) bond motifs is 1. The smallest absolute Gasteiger partial charge is 0.315 e. The summed E-state index contributed by atoms with van der Waals surface area (Å²) >= 11 is 7.53. The van der Waals surface area contributed by atoms with E-state index in [0.717, 1.165) is 62.5 Å². The number of halogens is 1. The normalized spacial score (nSPS) is 18.2. The molecular weight excluding hydrogens is 615 g/mol. The van der Waals surface area contributed by atoms with Crippen LogP contribution in [0.15, 0.2) is 0 Å². The lowest BCUT2D eigenvalue weighted by atomic mass is 9.68. The Morgan fingerprint density at radius 3 is 2.13 bits per heavy atom. The van der Waals surface area contributed by atoms with E-state index in [-0.39, 0.29) is 36.3 Å². The maximum absolute atomic E-state index is 12.2. The van der Waals surface area contributed by atoms with Gasteiger partial charge in [-0.25, -0.2) is 4.79 Å². The molecule has 0 spiro atoms. The fraction of sp³-hybridized carbons (Fsp3) is 0.906. The van der Waals surface area contributed by atoms with Crippen molar-refractivity contribution in [3.05, 3.63) is 0 Å². The van der Waals surface area contributed by atoms with E-state index in [1.165, 1.54) is 0 Å². The number of amides is 4. The highest BCUT2D eigenvalue weighted by atomic mass is 35.5. The maximum atomic E-state index is 12.2. The fourth-order valence-corrected chi connectivity index (χ4v) is 5.77. The molecule has 4 N–H and O–H groups in total. The van der Waals surface area contributed by atoms with Gasteiger partial charge in [0.05, 0.1) is 46.4 Å². The van der Waals surface area contributed by atoms with Gasteiger partial charge in [-0.1, -0.05) is 60.8 Å². The van der Waals surface area contributed by atoms with Gasteiger partial charge in [-0.2, -0.15) is 11.8 Å². The van der Waals surface area contributed by atoms with Crippen LogP contribution in [0.2, 0.25) is 5.31 Å². The van der Waals surface area contributed by atoms with E-state index < -0.39 is 5.31 Å². The Morgan fingerprint density at radius 1 is 0.889 bits per heavy atom. The van der Waals surface area contributed by atoms with Gasteiger partial charge in [-0.05, 0) is 24.6 Å². The summed E-state index contributed by atoms with van der Waals surface area (Å²) in [6.45, 7) is 15.8. The van der Waals surface area contributed by atoms with Gasteiger partial charge in [0.1, 0.15) is 0 Å². The summed E-state index contributed by atoms with van der Waals surface area (Å²) in [6.07, 6.45) is 7.00. The molecule has 0 saturated carbocycles. The SMILES string of the molecule is CC.O=C1NC2CSCC2N1.[B]C(C)(COCC(C)(C)CNC(=O)CCCC)CC(=O)NCCOCCOCCCCCCCl. The van der Waals surface area contributed by atoms with Crippen molar-refractivity contribution in [3.63, 3.8) is 0 Å². The van der Waals surface area contributed by atoms with Crippen molar-refractivity contribution in [1.82, 2.24) is 21.3 Å². The van der Waals surface area contributed by atoms with Crippen molar-refractivity contribution in [1.29, 1.82) is 0 Å². The van der Waals surface area contributed by atoms with Crippen molar-refractivity contribution in [2.24, 2.45) is 5.41 Å². The molecule has 0 aromatic rings. The first-order chi connectivity index (χ1) is 21.5. The second-order valence-corrected chi connectivity index (χ2v) is 13.9. The van der Waals surface area contributed by atoms with E-state index in [1.54, 1.807) is 6.92 Å². The van der Waals surface area contributed by atoms with E-state index in [4.69, 9.17) is 33.7 Å². The zero-order chi connectivity index (χ0) is 34.0. The number of hydrogen-bond acceptors (Lipinski definition) is 7. The highest BCUT2D eigenvalue weighted by Crippen LogP contribution is 2.27. The van der Waals surface area contributed by atoms with Crippen molar-refractivity contribution in [3.8, 4) is 0 Å². The van der Waals surface area contributed by atoms with Crippen LogP contribution < -0.4 is 21.3 Å². The minimum atomic E-state index is -0.775.